The van der Waals surface area contributed by atoms with Gasteiger partial charge in [-0.1, -0.05) is 0 Å². The fraction of sp³-hybridized carbons (Fsp3) is 0.900. The van der Waals surface area contributed by atoms with Gasteiger partial charge in [-0.2, -0.15) is 0 Å². The third-order valence-electron chi connectivity index (χ3n) is 2.34. The molecule has 1 aliphatic rings. The van der Waals surface area contributed by atoms with E-state index in [1.807, 2.05) is 13.8 Å². The molecule has 0 saturated heterocycles. The number of aliphatic hydroxyl groups is 1. The van der Waals surface area contributed by atoms with Gasteiger partial charge < -0.3 is 15.7 Å². The molecule has 1 rings (SSSR count). The van der Waals surface area contributed by atoms with Crippen molar-refractivity contribution in [3.63, 3.8) is 0 Å². The van der Waals surface area contributed by atoms with Crippen LogP contribution >= 0.6 is 0 Å². The molecule has 0 aromatic heterocycles. The fourth-order valence-electron chi connectivity index (χ4n) is 1.29. The first-order chi connectivity index (χ1) is 6.53. The molecule has 0 spiro atoms. The van der Waals surface area contributed by atoms with Crippen LogP contribution < -0.4 is 10.6 Å². The lowest BCUT2D eigenvalue weighted by molar-refractivity contribution is -0.122. The maximum absolute atomic E-state index is 11.4. The van der Waals surface area contributed by atoms with Gasteiger partial charge >= 0.3 is 0 Å². The highest BCUT2D eigenvalue weighted by molar-refractivity contribution is 5.78. The van der Waals surface area contributed by atoms with Crippen molar-refractivity contribution in [2.24, 2.45) is 0 Å². The van der Waals surface area contributed by atoms with Crippen molar-refractivity contribution in [1.29, 1.82) is 0 Å². The van der Waals surface area contributed by atoms with Crippen LogP contribution in [0.1, 0.15) is 33.1 Å². The second kappa shape index (κ2) is 4.75. The zero-order valence-corrected chi connectivity index (χ0v) is 8.97. The Balaban J connectivity index is 2.16. The largest absolute Gasteiger partial charge is 0.396 e. The number of hydrogen-bond acceptors (Lipinski definition) is 3. The summed E-state index contributed by atoms with van der Waals surface area (Å²) in [6.45, 7) is 4.32. The van der Waals surface area contributed by atoms with Crippen LogP contribution in [-0.2, 0) is 4.79 Å². The quantitative estimate of drug-likeness (QED) is 0.566. The summed E-state index contributed by atoms with van der Waals surface area (Å²) in [5.41, 5.74) is -0.308. The van der Waals surface area contributed by atoms with Crippen molar-refractivity contribution >= 4 is 5.91 Å². The third-order valence-corrected chi connectivity index (χ3v) is 2.34. The highest BCUT2D eigenvalue weighted by Crippen LogP contribution is 2.18. The smallest absolute Gasteiger partial charge is 0.234 e. The summed E-state index contributed by atoms with van der Waals surface area (Å²) in [6.07, 6.45) is 2.96. The number of aliphatic hydroxyl groups excluding tert-OH is 1. The summed E-state index contributed by atoms with van der Waals surface area (Å²) in [7, 11) is 0. The molecule has 1 aliphatic carbocycles. The minimum atomic E-state index is -0.308. The zero-order chi connectivity index (χ0) is 10.6. The molecule has 0 radical (unpaired) electrons. The van der Waals surface area contributed by atoms with Crippen LogP contribution in [0.5, 0.6) is 0 Å². The molecule has 0 aromatic carbocycles. The van der Waals surface area contributed by atoms with Gasteiger partial charge in [0, 0.05) is 18.2 Å². The van der Waals surface area contributed by atoms with E-state index in [4.69, 9.17) is 5.11 Å². The molecular weight excluding hydrogens is 180 g/mol. The minimum Gasteiger partial charge on any atom is -0.396 e. The molecule has 14 heavy (non-hydrogen) atoms. The van der Waals surface area contributed by atoms with Gasteiger partial charge in [0.25, 0.3) is 0 Å². The second-order valence-electron chi connectivity index (χ2n) is 4.56. The van der Waals surface area contributed by atoms with Gasteiger partial charge in [0.1, 0.15) is 0 Å². The lowest BCUT2D eigenvalue weighted by Crippen LogP contribution is -2.47. The number of nitrogens with one attached hydrogen (secondary N) is 2. The molecule has 4 nitrogen and oxygen atoms in total. The maximum Gasteiger partial charge on any atom is 0.234 e. The van der Waals surface area contributed by atoms with Gasteiger partial charge in [-0.25, -0.2) is 0 Å². The average molecular weight is 200 g/mol. The molecule has 1 amide bonds. The third kappa shape index (κ3) is 4.58. The van der Waals surface area contributed by atoms with E-state index in [-0.39, 0.29) is 18.1 Å². The molecule has 0 atom stereocenters. The SMILES string of the molecule is CC(C)(CCO)NC(=O)CNC1CC1. The molecule has 0 bridgehead atoms. The molecular formula is C10H20N2O2. The molecule has 0 aliphatic heterocycles. The highest BCUT2D eigenvalue weighted by Gasteiger charge is 2.23. The normalized spacial score (nSPS) is 16.8. The fourth-order valence-corrected chi connectivity index (χ4v) is 1.29. The van der Waals surface area contributed by atoms with E-state index in [1.165, 1.54) is 12.8 Å². The lowest BCUT2D eigenvalue weighted by atomic mass is 10.0. The summed E-state index contributed by atoms with van der Waals surface area (Å²) in [5.74, 6) is 0.00958. The average Bonchev–Trinajstić information content (AvgIpc) is 2.82. The molecule has 4 heteroatoms. The van der Waals surface area contributed by atoms with Crippen LogP contribution in [0, 0.1) is 0 Å². The topological polar surface area (TPSA) is 61.4 Å². The van der Waals surface area contributed by atoms with Crippen molar-refractivity contribution in [3.05, 3.63) is 0 Å². The van der Waals surface area contributed by atoms with E-state index in [9.17, 15) is 4.79 Å². The Morgan fingerprint density at radius 1 is 1.50 bits per heavy atom. The van der Waals surface area contributed by atoms with Crippen LogP contribution in [0.2, 0.25) is 0 Å². The summed E-state index contributed by atoms with van der Waals surface area (Å²) < 4.78 is 0. The molecule has 0 unspecified atom stereocenters. The number of carbonyl (C=O) groups excluding carboxylic acids is 1. The van der Waals surface area contributed by atoms with E-state index in [2.05, 4.69) is 10.6 Å². The monoisotopic (exact) mass is 200 g/mol. The molecule has 0 heterocycles. The van der Waals surface area contributed by atoms with Gasteiger partial charge in [0.2, 0.25) is 5.91 Å². The van der Waals surface area contributed by atoms with Gasteiger partial charge in [-0.15, -0.1) is 0 Å². The van der Waals surface area contributed by atoms with Gasteiger partial charge in [0.15, 0.2) is 0 Å². The van der Waals surface area contributed by atoms with Crippen molar-refractivity contribution < 1.29 is 9.90 Å². The Kier molecular flexibility index (Phi) is 3.89. The summed E-state index contributed by atoms with van der Waals surface area (Å²) in [4.78, 5) is 11.4. The summed E-state index contributed by atoms with van der Waals surface area (Å²) in [6, 6.07) is 0.557. The zero-order valence-electron chi connectivity index (χ0n) is 8.97. The number of amides is 1. The number of rotatable bonds is 6. The van der Waals surface area contributed by atoms with Crippen LogP contribution in [0.15, 0.2) is 0 Å². The first kappa shape index (κ1) is 11.5. The lowest BCUT2D eigenvalue weighted by Gasteiger charge is -2.25. The van der Waals surface area contributed by atoms with Crippen LogP contribution in [0.3, 0.4) is 0 Å². The van der Waals surface area contributed by atoms with E-state index in [1.54, 1.807) is 0 Å². The van der Waals surface area contributed by atoms with Crippen LogP contribution in [0.4, 0.5) is 0 Å². The Hall–Kier alpha value is -0.610. The van der Waals surface area contributed by atoms with E-state index in [0.717, 1.165) is 0 Å². The van der Waals surface area contributed by atoms with Gasteiger partial charge in [-0.3, -0.25) is 4.79 Å². The number of hydrogen-bond donors (Lipinski definition) is 3. The van der Waals surface area contributed by atoms with Gasteiger partial charge in [0.05, 0.1) is 6.54 Å². The summed E-state index contributed by atoms with van der Waals surface area (Å²) in [5, 5.41) is 14.8. The van der Waals surface area contributed by atoms with Crippen LogP contribution in [0.25, 0.3) is 0 Å². The minimum absolute atomic E-state index is 0.00958. The molecule has 0 aromatic rings. The highest BCUT2D eigenvalue weighted by atomic mass is 16.3. The first-order valence-corrected chi connectivity index (χ1v) is 5.19. The molecule has 3 N–H and O–H groups in total. The van der Waals surface area contributed by atoms with E-state index in [0.29, 0.717) is 19.0 Å². The van der Waals surface area contributed by atoms with E-state index >= 15 is 0 Å². The van der Waals surface area contributed by atoms with Crippen molar-refractivity contribution in [2.45, 2.75) is 44.7 Å². The van der Waals surface area contributed by atoms with Crippen molar-refractivity contribution in [2.75, 3.05) is 13.2 Å². The maximum atomic E-state index is 11.4. The Labute approximate surface area is 85.1 Å². The van der Waals surface area contributed by atoms with E-state index < -0.39 is 0 Å². The predicted octanol–water partition coefficient (Wildman–Crippen LogP) is 0.0156. The molecule has 82 valence electrons. The first-order valence-electron chi connectivity index (χ1n) is 5.19. The second-order valence-corrected chi connectivity index (χ2v) is 4.56. The number of carbonyl (C=O) groups is 1. The van der Waals surface area contributed by atoms with Crippen molar-refractivity contribution in [1.82, 2.24) is 10.6 Å². The molecule has 1 saturated carbocycles. The Morgan fingerprint density at radius 2 is 2.14 bits per heavy atom. The summed E-state index contributed by atoms with van der Waals surface area (Å²) >= 11 is 0. The Morgan fingerprint density at radius 3 is 2.64 bits per heavy atom. The molecule has 1 fully saturated rings. The van der Waals surface area contributed by atoms with Gasteiger partial charge in [-0.05, 0) is 33.1 Å². The Bertz CT molecular complexity index is 200. The van der Waals surface area contributed by atoms with Crippen molar-refractivity contribution in [3.8, 4) is 0 Å². The van der Waals surface area contributed by atoms with Crippen LogP contribution in [-0.4, -0.2) is 35.7 Å². The predicted molar refractivity (Wildman–Crippen MR) is 54.9 cm³/mol. The standard InChI is InChI=1S/C10H20N2O2/c1-10(2,5-6-13)12-9(14)7-11-8-3-4-8/h8,11,13H,3-7H2,1-2H3,(H,12,14).